The van der Waals surface area contributed by atoms with Crippen LogP contribution in [-0.4, -0.2) is 6.04 Å². The second-order valence-corrected chi connectivity index (χ2v) is 6.49. The summed E-state index contributed by atoms with van der Waals surface area (Å²) in [5, 5.41) is 3.71. The summed E-state index contributed by atoms with van der Waals surface area (Å²) in [6, 6.07) is 19.5. The van der Waals surface area contributed by atoms with E-state index in [4.69, 9.17) is 4.74 Å². The Morgan fingerprint density at radius 3 is 2.12 bits per heavy atom. The first-order chi connectivity index (χ1) is 11.4. The van der Waals surface area contributed by atoms with Crippen molar-refractivity contribution in [3.05, 3.63) is 65.7 Å². The van der Waals surface area contributed by atoms with Gasteiger partial charge in [0.05, 0.1) is 0 Å². The number of benzene rings is 2. The lowest BCUT2D eigenvalue weighted by atomic mass is 10.1. The molecule has 0 bridgehead atoms. The van der Waals surface area contributed by atoms with E-state index in [2.05, 4.69) is 41.7 Å². The molecule has 1 N–H and O–H groups in total. The molecular formula is C21H28ClNO. The number of nitrogens with one attached hydrogen (secondary N) is 1. The van der Waals surface area contributed by atoms with E-state index in [9.17, 15) is 0 Å². The zero-order chi connectivity index (χ0) is 15.7. The van der Waals surface area contributed by atoms with Crippen molar-refractivity contribution < 1.29 is 4.74 Å². The summed E-state index contributed by atoms with van der Waals surface area (Å²) in [6.07, 6.45) is 8.24. The third-order valence-electron chi connectivity index (χ3n) is 4.62. The topological polar surface area (TPSA) is 21.3 Å². The molecule has 3 heteroatoms. The highest BCUT2D eigenvalue weighted by Crippen LogP contribution is 2.18. The molecule has 1 aliphatic carbocycles. The molecule has 1 aliphatic rings. The van der Waals surface area contributed by atoms with Crippen LogP contribution in [0.4, 0.5) is 0 Å². The highest BCUT2D eigenvalue weighted by atomic mass is 35.5. The van der Waals surface area contributed by atoms with Crippen LogP contribution in [-0.2, 0) is 13.2 Å². The lowest BCUT2D eigenvalue weighted by Crippen LogP contribution is -2.27. The molecule has 2 aromatic rings. The highest BCUT2D eigenvalue weighted by molar-refractivity contribution is 5.85. The minimum absolute atomic E-state index is 0. The summed E-state index contributed by atoms with van der Waals surface area (Å²) < 4.78 is 5.84. The molecule has 0 aromatic heterocycles. The van der Waals surface area contributed by atoms with Gasteiger partial charge in [0.15, 0.2) is 0 Å². The molecule has 24 heavy (non-hydrogen) atoms. The summed E-state index contributed by atoms with van der Waals surface area (Å²) in [5.41, 5.74) is 2.54. The first kappa shape index (κ1) is 18.8. The van der Waals surface area contributed by atoms with Crippen molar-refractivity contribution in [1.29, 1.82) is 0 Å². The Hall–Kier alpha value is -1.51. The fourth-order valence-electron chi connectivity index (χ4n) is 3.19. The molecule has 0 aliphatic heterocycles. The molecule has 1 fully saturated rings. The van der Waals surface area contributed by atoms with Gasteiger partial charge >= 0.3 is 0 Å². The van der Waals surface area contributed by atoms with Gasteiger partial charge in [-0.25, -0.2) is 0 Å². The zero-order valence-electron chi connectivity index (χ0n) is 14.2. The second-order valence-electron chi connectivity index (χ2n) is 6.49. The Kier molecular flexibility index (Phi) is 8.14. The molecule has 0 saturated heterocycles. The normalized spacial score (nSPS) is 15.3. The van der Waals surface area contributed by atoms with E-state index >= 15 is 0 Å². The average molecular weight is 346 g/mol. The largest absolute Gasteiger partial charge is 0.489 e. The van der Waals surface area contributed by atoms with Gasteiger partial charge in [-0.05, 0) is 36.1 Å². The minimum atomic E-state index is 0. The van der Waals surface area contributed by atoms with Crippen LogP contribution < -0.4 is 10.1 Å². The fraction of sp³-hybridized carbons (Fsp3) is 0.429. The van der Waals surface area contributed by atoms with Gasteiger partial charge in [-0.3, -0.25) is 0 Å². The van der Waals surface area contributed by atoms with E-state index in [1.165, 1.54) is 49.7 Å². The van der Waals surface area contributed by atoms with Crippen LogP contribution in [0.3, 0.4) is 0 Å². The van der Waals surface area contributed by atoms with E-state index in [-0.39, 0.29) is 12.4 Å². The highest BCUT2D eigenvalue weighted by Gasteiger charge is 2.11. The van der Waals surface area contributed by atoms with Crippen LogP contribution in [0.1, 0.15) is 49.7 Å². The Bertz CT molecular complexity index is 562. The third-order valence-corrected chi connectivity index (χ3v) is 4.62. The lowest BCUT2D eigenvalue weighted by molar-refractivity contribution is 0.306. The van der Waals surface area contributed by atoms with Gasteiger partial charge in [0, 0.05) is 12.6 Å². The standard InChI is InChI=1S/C21H27NO.ClH/c1-2-7-11-20(10-6-1)22-16-18-12-14-21(15-13-18)23-17-19-8-4-3-5-9-19;/h3-5,8-9,12-15,20,22H,1-2,6-7,10-11,16-17H2;1H. The van der Waals surface area contributed by atoms with Crippen LogP contribution in [0.25, 0.3) is 0 Å². The summed E-state index contributed by atoms with van der Waals surface area (Å²) in [7, 11) is 0. The van der Waals surface area contributed by atoms with Crippen LogP contribution in [0.5, 0.6) is 5.75 Å². The molecule has 0 spiro atoms. The first-order valence-electron chi connectivity index (χ1n) is 8.89. The van der Waals surface area contributed by atoms with Gasteiger partial charge < -0.3 is 10.1 Å². The second kappa shape index (κ2) is 10.4. The zero-order valence-corrected chi connectivity index (χ0v) is 15.1. The predicted molar refractivity (Wildman–Crippen MR) is 103 cm³/mol. The molecule has 0 heterocycles. The number of halogens is 1. The SMILES string of the molecule is Cl.c1ccc(COc2ccc(CNC3CCCCCC3)cc2)cc1. The number of hydrogen-bond acceptors (Lipinski definition) is 2. The van der Waals surface area contributed by atoms with Gasteiger partial charge in [0.1, 0.15) is 12.4 Å². The van der Waals surface area contributed by atoms with Crippen LogP contribution in [0.2, 0.25) is 0 Å². The molecule has 0 unspecified atom stereocenters. The maximum Gasteiger partial charge on any atom is 0.119 e. The van der Waals surface area contributed by atoms with E-state index < -0.39 is 0 Å². The van der Waals surface area contributed by atoms with E-state index in [1.807, 2.05) is 18.2 Å². The average Bonchev–Trinajstić information content (AvgIpc) is 2.89. The number of hydrogen-bond donors (Lipinski definition) is 1. The molecule has 130 valence electrons. The quantitative estimate of drug-likeness (QED) is 0.698. The molecule has 1 saturated carbocycles. The van der Waals surface area contributed by atoms with Crippen molar-refractivity contribution in [3.63, 3.8) is 0 Å². The van der Waals surface area contributed by atoms with Crippen LogP contribution >= 0.6 is 12.4 Å². The van der Waals surface area contributed by atoms with E-state index in [0.717, 1.165) is 12.3 Å². The smallest absolute Gasteiger partial charge is 0.119 e. The minimum Gasteiger partial charge on any atom is -0.489 e. The molecule has 2 nitrogen and oxygen atoms in total. The maximum atomic E-state index is 5.84. The lowest BCUT2D eigenvalue weighted by Gasteiger charge is -2.16. The van der Waals surface area contributed by atoms with E-state index in [0.29, 0.717) is 12.6 Å². The molecule has 2 aromatic carbocycles. The van der Waals surface area contributed by atoms with Gasteiger partial charge in [0.25, 0.3) is 0 Å². The van der Waals surface area contributed by atoms with Crippen molar-refractivity contribution in [3.8, 4) is 5.75 Å². The van der Waals surface area contributed by atoms with Crippen molar-refractivity contribution in [1.82, 2.24) is 5.32 Å². The Morgan fingerprint density at radius 2 is 1.46 bits per heavy atom. The Balaban J connectivity index is 0.00000208. The predicted octanol–water partition coefficient (Wildman–Crippen LogP) is 5.50. The van der Waals surface area contributed by atoms with Crippen molar-refractivity contribution in [2.24, 2.45) is 0 Å². The molecule has 0 atom stereocenters. The molecule has 0 radical (unpaired) electrons. The van der Waals surface area contributed by atoms with Gasteiger partial charge in [-0.15, -0.1) is 12.4 Å². The number of ether oxygens (including phenoxy) is 1. The fourth-order valence-corrected chi connectivity index (χ4v) is 3.19. The first-order valence-corrected chi connectivity index (χ1v) is 8.89. The molecule has 3 rings (SSSR count). The summed E-state index contributed by atoms with van der Waals surface area (Å²) >= 11 is 0. The Labute approximate surface area is 152 Å². The summed E-state index contributed by atoms with van der Waals surface area (Å²) in [5.74, 6) is 0.937. The van der Waals surface area contributed by atoms with Gasteiger partial charge in [-0.1, -0.05) is 68.1 Å². The van der Waals surface area contributed by atoms with E-state index in [1.54, 1.807) is 0 Å². The van der Waals surface area contributed by atoms with Crippen LogP contribution in [0, 0.1) is 0 Å². The van der Waals surface area contributed by atoms with Crippen molar-refractivity contribution in [2.75, 3.05) is 0 Å². The van der Waals surface area contributed by atoms with Crippen molar-refractivity contribution >= 4 is 12.4 Å². The maximum absolute atomic E-state index is 5.84. The summed E-state index contributed by atoms with van der Waals surface area (Å²) in [4.78, 5) is 0. The third kappa shape index (κ3) is 6.18. The molecular weight excluding hydrogens is 318 g/mol. The Morgan fingerprint density at radius 1 is 0.792 bits per heavy atom. The van der Waals surface area contributed by atoms with Crippen LogP contribution in [0.15, 0.2) is 54.6 Å². The van der Waals surface area contributed by atoms with Gasteiger partial charge in [-0.2, -0.15) is 0 Å². The number of rotatable bonds is 6. The monoisotopic (exact) mass is 345 g/mol. The van der Waals surface area contributed by atoms with Crippen molar-refractivity contribution in [2.45, 2.75) is 57.7 Å². The molecule has 0 amide bonds. The summed E-state index contributed by atoms with van der Waals surface area (Å²) in [6.45, 7) is 1.59. The van der Waals surface area contributed by atoms with Gasteiger partial charge in [0.2, 0.25) is 0 Å².